The van der Waals surface area contributed by atoms with Gasteiger partial charge in [-0.1, -0.05) is 0 Å². The Morgan fingerprint density at radius 3 is 2.40 bits per heavy atom. The lowest BCUT2D eigenvalue weighted by atomic mass is 11.1. The highest BCUT2D eigenvalue weighted by Crippen LogP contribution is 2.05. The van der Waals surface area contributed by atoms with Crippen molar-refractivity contribution in [1.82, 2.24) is 0 Å². The van der Waals surface area contributed by atoms with Crippen LogP contribution in [0.25, 0.3) is 0 Å². The molecule has 1 unspecified atom stereocenters. The van der Waals surface area contributed by atoms with Gasteiger partial charge in [-0.25, -0.2) is 9.20 Å². The highest BCUT2D eigenvalue weighted by Gasteiger charge is 2.23. The van der Waals surface area contributed by atoms with E-state index in [0.29, 0.717) is 0 Å². The Morgan fingerprint density at radius 2 is 2.20 bits per heavy atom. The third kappa shape index (κ3) is 1.31. The molecule has 1 heterocycles. The first kappa shape index (κ1) is 7.58. The zero-order valence-corrected chi connectivity index (χ0v) is 6.22. The van der Waals surface area contributed by atoms with Gasteiger partial charge in [-0.15, -0.1) is 0 Å². The first-order chi connectivity index (χ1) is 4.52. The van der Waals surface area contributed by atoms with Crippen LogP contribution in [0.2, 0.25) is 0 Å². The van der Waals surface area contributed by atoms with Crippen LogP contribution >= 0.6 is 0 Å². The Hall–Kier alpha value is -0.530. The summed E-state index contributed by atoms with van der Waals surface area (Å²) in [4.78, 5) is 3.19. The standard InChI is InChI=1S/C3H3NO4S2/c5-9-2-1-4-3(9)10(6,7)8/h1-2H,(H,6,7,8). The molecule has 0 aromatic rings. The summed E-state index contributed by atoms with van der Waals surface area (Å²) in [5, 5.41) is 1.07. The zero-order valence-electron chi connectivity index (χ0n) is 4.59. The molecule has 5 nitrogen and oxygen atoms in total. The molecule has 56 valence electrons. The maximum atomic E-state index is 10.6. The minimum Gasteiger partial charge on any atom is -0.280 e. The summed E-state index contributed by atoms with van der Waals surface area (Å²) in [7, 11) is -6.16. The molecule has 0 saturated heterocycles. The smallest absolute Gasteiger partial charge is 0.280 e. The van der Waals surface area contributed by atoms with Gasteiger partial charge >= 0.3 is 10.1 Å². The van der Waals surface area contributed by atoms with Crippen molar-refractivity contribution >= 4 is 25.3 Å². The molecule has 10 heavy (non-hydrogen) atoms. The molecule has 1 atom stereocenters. The van der Waals surface area contributed by atoms with E-state index in [2.05, 4.69) is 4.99 Å². The van der Waals surface area contributed by atoms with Crippen molar-refractivity contribution in [3.8, 4) is 0 Å². The van der Waals surface area contributed by atoms with Crippen molar-refractivity contribution < 1.29 is 17.2 Å². The average Bonchev–Trinajstić information content (AvgIpc) is 2.11. The summed E-state index contributed by atoms with van der Waals surface area (Å²) in [5.41, 5.74) is 0. The molecule has 0 fully saturated rings. The van der Waals surface area contributed by atoms with Crippen LogP contribution in [-0.2, 0) is 20.9 Å². The number of rotatable bonds is 0. The van der Waals surface area contributed by atoms with E-state index in [1.165, 1.54) is 0 Å². The summed E-state index contributed by atoms with van der Waals surface area (Å²) in [6, 6.07) is 0. The van der Waals surface area contributed by atoms with Crippen LogP contribution in [0, 0.1) is 0 Å². The van der Waals surface area contributed by atoms with E-state index in [1.54, 1.807) is 0 Å². The lowest BCUT2D eigenvalue weighted by molar-refractivity contribution is 0.499. The van der Waals surface area contributed by atoms with Crippen molar-refractivity contribution in [3.63, 3.8) is 0 Å². The first-order valence-electron chi connectivity index (χ1n) is 2.14. The molecule has 1 N–H and O–H groups in total. The van der Waals surface area contributed by atoms with Crippen molar-refractivity contribution in [2.75, 3.05) is 0 Å². The molecule has 0 bridgehead atoms. The topological polar surface area (TPSA) is 83.8 Å². The van der Waals surface area contributed by atoms with Gasteiger partial charge in [0.15, 0.2) is 0 Å². The fraction of sp³-hybridized carbons (Fsp3) is 0. The van der Waals surface area contributed by atoms with Gasteiger partial charge in [-0.05, 0) is 0 Å². The van der Waals surface area contributed by atoms with Crippen molar-refractivity contribution in [3.05, 3.63) is 11.6 Å². The first-order valence-corrected chi connectivity index (χ1v) is 4.79. The number of hydrogen-bond acceptors (Lipinski definition) is 4. The summed E-state index contributed by atoms with van der Waals surface area (Å²) in [6.07, 6.45) is 1.07. The van der Waals surface area contributed by atoms with Crippen LogP contribution in [0.1, 0.15) is 0 Å². The quantitative estimate of drug-likeness (QED) is 0.509. The lowest BCUT2D eigenvalue weighted by Crippen LogP contribution is -2.14. The van der Waals surface area contributed by atoms with E-state index in [-0.39, 0.29) is 0 Å². The molecule has 1 rings (SSSR count). The molecule has 0 radical (unpaired) electrons. The largest absolute Gasteiger partial charge is 0.321 e. The second-order valence-electron chi connectivity index (χ2n) is 1.45. The molecule has 1 aliphatic heterocycles. The summed E-state index contributed by atoms with van der Waals surface area (Å²) in [6.45, 7) is 0. The zero-order chi connectivity index (χ0) is 7.78. The van der Waals surface area contributed by atoms with E-state index in [0.717, 1.165) is 11.6 Å². The molecule has 0 saturated carbocycles. The molecular formula is C3H3NO4S2. The predicted molar refractivity (Wildman–Crippen MR) is 36.3 cm³/mol. The van der Waals surface area contributed by atoms with Gasteiger partial charge in [0.25, 0.3) is 4.38 Å². The Balaban J connectivity index is 3.12. The summed E-state index contributed by atoms with van der Waals surface area (Å²) >= 11 is 0. The lowest BCUT2D eigenvalue weighted by Gasteiger charge is -1.89. The van der Waals surface area contributed by atoms with Crippen LogP contribution in [0.5, 0.6) is 0 Å². The minimum atomic E-state index is -4.36. The van der Waals surface area contributed by atoms with E-state index < -0.39 is 25.3 Å². The van der Waals surface area contributed by atoms with E-state index in [4.69, 9.17) is 4.55 Å². The highest BCUT2D eigenvalue weighted by molar-refractivity contribution is 8.27. The molecular weight excluding hydrogens is 178 g/mol. The third-order valence-electron chi connectivity index (χ3n) is 0.757. The minimum absolute atomic E-state index is 0.701. The molecule has 1 aliphatic rings. The van der Waals surface area contributed by atoms with Gasteiger partial charge in [0, 0.05) is 11.6 Å². The predicted octanol–water partition coefficient (Wildman–Crippen LogP) is -0.536. The fourth-order valence-electron chi connectivity index (χ4n) is 0.427. The molecule has 0 aromatic heterocycles. The molecule has 0 aliphatic carbocycles. The van der Waals surface area contributed by atoms with Gasteiger partial charge < -0.3 is 0 Å². The number of aliphatic imine (C=N–C) groups is 1. The normalized spacial score (nSPS) is 24.9. The second kappa shape index (κ2) is 2.26. The van der Waals surface area contributed by atoms with Crippen LogP contribution < -0.4 is 0 Å². The Labute approximate surface area is 59.7 Å². The summed E-state index contributed by atoms with van der Waals surface area (Å²) < 4.78 is 38.6. The Morgan fingerprint density at radius 1 is 1.60 bits per heavy atom. The average molecular weight is 181 g/mol. The van der Waals surface area contributed by atoms with Crippen LogP contribution in [0.15, 0.2) is 16.6 Å². The SMILES string of the molecule is O=S1C=CN=C1S(=O)(=O)O. The van der Waals surface area contributed by atoms with Gasteiger partial charge in [-0.2, -0.15) is 8.42 Å². The highest BCUT2D eigenvalue weighted by atomic mass is 32.3. The molecule has 0 spiro atoms. The van der Waals surface area contributed by atoms with Crippen LogP contribution in [0.3, 0.4) is 0 Å². The van der Waals surface area contributed by atoms with Crippen LogP contribution in [-0.4, -0.2) is 21.6 Å². The molecule has 0 aromatic carbocycles. The number of nitrogens with zero attached hydrogens (tertiary/aromatic N) is 1. The fourth-order valence-corrected chi connectivity index (χ4v) is 2.07. The third-order valence-corrected chi connectivity index (χ3v) is 3.25. The van der Waals surface area contributed by atoms with Gasteiger partial charge in [0.2, 0.25) is 0 Å². The van der Waals surface area contributed by atoms with Gasteiger partial charge in [0.05, 0.1) is 0 Å². The Bertz CT molecular complexity index is 324. The van der Waals surface area contributed by atoms with Crippen molar-refractivity contribution in [1.29, 1.82) is 0 Å². The maximum absolute atomic E-state index is 10.6. The van der Waals surface area contributed by atoms with Gasteiger partial charge in [-0.3, -0.25) is 4.55 Å². The van der Waals surface area contributed by atoms with Crippen LogP contribution in [0.4, 0.5) is 0 Å². The number of hydrogen-bond donors (Lipinski definition) is 1. The monoisotopic (exact) mass is 181 g/mol. The van der Waals surface area contributed by atoms with Crippen molar-refractivity contribution in [2.24, 2.45) is 4.99 Å². The van der Waals surface area contributed by atoms with E-state index >= 15 is 0 Å². The van der Waals surface area contributed by atoms with Crippen molar-refractivity contribution in [2.45, 2.75) is 0 Å². The van der Waals surface area contributed by atoms with E-state index in [9.17, 15) is 12.6 Å². The molecule has 7 heteroatoms. The van der Waals surface area contributed by atoms with Gasteiger partial charge in [0.1, 0.15) is 10.8 Å². The maximum Gasteiger partial charge on any atom is 0.321 e. The Kier molecular flexibility index (Phi) is 1.71. The second-order valence-corrected chi connectivity index (χ2v) is 4.30. The van der Waals surface area contributed by atoms with E-state index in [1.807, 2.05) is 0 Å². The molecule has 0 amide bonds. The summed E-state index contributed by atoms with van der Waals surface area (Å²) in [5.74, 6) is 0.